The first-order chi connectivity index (χ1) is 16.4. The van der Waals surface area contributed by atoms with Gasteiger partial charge >= 0.3 is 6.16 Å². The van der Waals surface area contributed by atoms with Crippen molar-refractivity contribution in [3.05, 3.63) is 119 Å². The first-order valence-corrected chi connectivity index (χ1v) is 10.2. The maximum Gasteiger partial charge on any atom is 0.519 e. The Bertz CT molecular complexity index is 1220. The minimum atomic E-state index is -0.977. The Morgan fingerprint density at radius 2 is 0.706 bits per heavy atom. The predicted molar refractivity (Wildman–Crippen MR) is 123 cm³/mol. The SMILES string of the molecule is O=C(Oc1ccc(C(=O)c2ccc(O)cc2)cc1)Oc1ccc(C(=O)c2ccc(O)cc2)cc1. The molecule has 0 unspecified atom stereocenters. The van der Waals surface area contributed by atoms with Crippen molar-refractivity contribution in [3.8, 4) is 23.0 Å². The molecule has 4 aromatic rings. The maximum atomic E-state index is 12.5. The summed E-state index contributed by atoms with van der Waals surface area (Å²) in [5.41, 5.74) is 1.61. The van der Waals surface area contributed by atoms with Crippen LogP contribution in [0.15, 0.2) is 97.1 Å². The van der Waals surface area contributed by atoms with E-state index in [-0.39, 0.29) is 34.6 Å². The van der Waals surface area contributed by atoms with Gasteiger partial charge < -0.3 is 19.7 Å². The normalized spacial score (nSPS) is 10.4. The molecule has 0 spiro atoms. The number of benzene rings is 4. The highest BCUT2D eigenvalue weighted by molar-refractivity contribution is 6.09. The minimum Gasteiger partial charge on any atom is -0.508 e. The van der Waals surface area contributed by atoms with E-state index < -0.39 is 6.16 Å². The zero-order valence-electron chi connectivity index (χ0n) is 17.7. The summed E-state index contributed by atoms with van der Waals surface area (Å²) in [6, 6.07) is 23.7. The number of phenolic OH excluding ortho intramolecular Hbond substituents is 2. The van der Waals surface area contributed by atoms with E-state index in [2.05, 4.69) is 0 Å². The van der Waals surface area contributed by atoms with Crippen LogP contribution in [0.1, 0.15) is 31.8 Å². The number of carbonyl (C=O) groups is 3. The molecule has 4 rings (SSSR count). The molecule has 0 bridgehead atoms. The van der Waals surface area contributed by atoms with E-state index in [0.29, 0.717) is 22.3 Å². The Balaban J connectivity index is 1.35. The summed E-state index contributed by atoms with van der Waals surface area (Å²) in [5, 5.41) is 18.7. The van der Waals surface area contributed by atoms with Crippen LogP contribution in [-0.2, 0) is 0 Å². The number of hydrogen-bond acceptors (Lipinski definition) is 7. The molecule has 7 nitrogen and oxygen atoms in total. The second kappa shape index (κ2) is 9.70. The van der Waals surface area contributed by atoms with Crippen LogP contribution in [0.5, 0.6) is 23.0 Å². The molecule has 0 radical (unpaired) electrons. The predicted octanol–water partition coefficient (Wildman–Crippen LogP) is 5.14. The Morgan fingerprint density at radius 1 is 0.441 bits per heavy atom. The summed E-state index contributed by atoms with van der Waals surface area (Å²) in [7, 11) is 0. The van der Waals surface area contributed by atoms with E-state index in [0.717, 1.165) is 0 Å². The molecular weight excluding hydrogens is 436 g/mol. The summed E-state index contributed by atoms with van der Waals surface area (Å²) >= 11 is 0. The first-order valence-electron chi connectivity index (χ1n) is 10.2. The summed E-state index contributed by atoms with van der Waals surface area (Å²) in [4.78, 5) is 37.0. The number of carbonyl (C=O) groups excluding carboxylic acids is 3. The molecule has 34 heavy (non-hydrogen) atoms. The van der Waals surface area contributed by atoms with Crippen molar-refractivity contribution in [3.63, 3.8) is 0 Å². The average Bonchev–Trinajstić information content (AvgIpc) is 2.85. The van der Waals surface area contributed by atoms with Crippen molar-refractivity contribution in [1.29, 1.82) is 0 Å². The molecule has 168 valence electrons. The van der Waals surface area contributed by atoms with Crippen molar-refractivity contribution >= 4 is 17.7 Å². The average molecular weight is 454 g/mol. The molecule has 0 fully saturated rings. The fourth-order valence-corrected chi connectivity index (χ4v) is 3.12. The van der Waals surface area contributed by atoms with E-state index in [9.17, 15) is 24.6 Å². The van der Waals surface area contributed by atoms with Crippen LogP contribution < -0.4 is 9.47 Å². The van der Waals surface area contributed by atoms with Gasteiger partial charge in [0.15, 0.2) is 11.6 Å². The monoisotopic (exact) mass is 454 g/mol. The number of aromatic hydroxyl groups is 2. The lowest BCUT2D eigenvalue weighted by Gasteiger charge is -2.07. The summed E-state index contributed by atoms with van der Waals surface area (Å²) < 4.78 is 10.3. The molecular formula is C27H18O7. The Hall–Kier alpha value is -4.91. The highest BCUT2D eigenvalue weighted by atomic mass is 16.7. The standard InChI is InChI=1S/C27H18O7/c28-21-9-1-17(2-10-21)25(30)19-5-13-23(14-6-19)33-27(32)34-24-15-7-20(8-16-24)26(31)18-3-11-22(29)12-4-18/h1-16,28-29H. The van der Waals surface area contributed by atoms with Gasteiger partial charge in [-0.15, -0.1) is 0 Å². The highest BCUT2D eigenvalue weighted by Gasteiger charge is 2.13. The highest BCUT2D eigenvalue weighted by Crippen LogP contribution is 2.20. The van der Waals surface area contributed by atoms with Gasteiger partial charge in [-0.3, -0.25) is 9.59 Å². The van der Waals surface area contributed by atoms with Gasteiger partial charge in [0, 0.05) is 22.3 Å². The number of hydrogen-bond donors (Lipinski definition) is 2. The van der Waals surface area contributed by atoms with Crippen LogP contribution in [0.3, 0.4) is 0 Å². The van der Waals surface area contributed by atoms with E-state index in [1.165, 1.54) is 97.1 Å². The quantitative estimate of drug-likeness (QED) is 0.236. The Morgan fingerprint density at radius 3 is 1.00 bits per heavy atom. The van der Waals surface area contributed by atoms with Gasteiger partial charge in [-0.2, -0.15) is 0 Å². The molecule has 0 aliphatic rings. The van der Waals surface area contributed by atoms with E-state index in [1.807, 2.05) is 0 Å². The maximum absolute atomic E-state index is 12.5. The fourth-order valence-electron chi connectivity index (χ4n) is 3.12. The second-order valence-corrected chi connectivity index (χ2v) is 7.25. The molecule has 0 atom stereocenters. The number of ether oxygens (including phenoxy) is 2. The molecule has 0 aliphatic carbocycles. The van der Waals surface area contributed by atoms with Gasteiger partial charge in [0.05, 0.1) is 0 Å². The third-order valence-corrected chi connectivity index (χ3v) is 4.89. The molecule has 4 aromatic carbocycles. The fraction of sp³-hybridized carbons (Fsp3) is 0. The number of rotatable bonds is 6. The Labute approximate surface area is 194 Å². The molecule has 7 heteroatoms. The second-order valence-electron chi connectivity index (χ2n) is 7.25. The molecule has 0 aliphatic heterocycles. The van der Waals surface area contributed by atoms with Crippen molar-refractivity contribution in [2.45, 2.75) is 0 Å². The van der Waals surface area contributed by atoms with Crippen LogP contribution in [0, 0.1) is 0 Å². The summed E-state index contributed by atoms with van der Waals surface area (Å²) in [6.07, 6.45) is -0.977. The van der Waals surface area contributed by atoms with Crippen molar-refractivity contribution in [2.75, 3.05) is 0 Å². The lowest BCUT2D eigenvalue weighted by molar-refractivity contribution is 0.103. The van der Waals surface area contributed by atoms with Crippen LogP contribution in [0.4, 0.5) is 4.79 Å². The molecule has 0 aromatic heterocycles. The van der Waals surface area contributed by atoms with Crippen molar-refractivity contribution < 1.29 is 34.1 Å². The third-order valence-electron chi connectivity index (χ3n) is 4.89. The van der Waals surface area contributed by atoms with Crippen molar-refractivity contribution in [1.82, 2.24) is 0 Å². The topological polar surface area (TPSA) is 110 Å². The third kappa shape index (κ3) is 5.28. The number of ketones is 2. The van der Waals surface area contributed by atoms with Crippen LogP contribution in [0.25, 0.3) is 0 Å². The van der Waals surface area contributed by atoms with Crippen LogP contribution in [0.2, 0.25) is 0 Å². The van der Waals surface area contributed by atoms with E-state index >= 15 is 0 Å². The lowest BCUT2D eigenvalue weighted by atomic mass is 10.0. The van der Waals surface area contributed by atoms with Crippen LogP contribution >= 0.6 is 0 Å². The van der Waals surface area contributed by atoms with Gasteiger partial charge in [-0.1, -0.05) is 0 Å². The molecule has 2 N–H and O–H groups in total. The van der Waals surface area contributed by atoms with Gasteiger partial charge in [0.2, 0.25) is 0 Å². The molecule has 0 heterocycles. The minimum absolute atomic E-state index is 0.0670. The zero-order valence-corrected chi connectivity index (χ0v) is 17.7. The summed E-state index contributed by atoms with van der Waals surface area (Å²) in [6.45, 7) is 0. The molecule has 0 amide bonds. The largest absolute Gasteiger partial charge is 0.519 e. The smallest absolute Gasteiger partial charge is 0.508 e. The Kier molecular flexibility index (Phi) is 6.36. The van der Waals surface area contributed by atoms with E-state index in [4.69, 9.17) is 9.47 Å². The number of phenols is 2. The van der Waals surface area contributed by atoms with E-state index in [1.54, 1.807) is 0 Å². The first kappa shape index (κ1) is 22.3. The van der Waals surface area contributed by atoms with Crippen LogP contribution in [-0.4, -0.2) is 27.9 Å². The van der Waals surface area contributed by atoms with Gasteiger partial charge in [0.1, 0.15) is 23.0 Å². The molecule has 0 saturated carbocycles. The summed E-state index contributed by atoms with van der Waals surface area (Å²) in [5.74, 6) is 0.0275. The molecule has 0 saturated heterocycles. The van der Waals surface area contributed by atoms with Gasteiger partial charge in [-0.05, 0) is 97.1 Å². The van der Waals surface area contributed by atoms with Gasteiger partial charge in [-0.25, -0.2) is 4.79 Å². The zero-order chi connectivity index (χ0) is 24.1. The van der Waals surface area contributed by atoms with Crippen molar-refractivity contribution in [2.24, 2.45) is 0 Å². The van der Waals surface area contributed by atoms with Gasteiger partial charge in [0.25, 0.3) is 0 Å². The lowest BCUT2D eigenvalue weighted by Crippen LogP contribution is -2.14.